The van der Waals surface area contributed by atoms with Gasteiger partial charge in [0.1, 0.15) is 11.7 Å². The lowest BCUT2D eigenvalue weighted by molar-refractivity contribution is -0.945. The largest absolute Gasteiger partial charge is 0.390 e. The van der Waals surface area contributed by atoms with Gasteiger partial charge in [0.2, 0.25) is 5.91 Å². The molecule has 4 aliphatic rings. The normalized spacial score (nSPS) is 33.0. The highest BCUT2D eigenvalue weighted by atomic mass is 16.5. The van der Waals surface area contributed by atoms with Gasteiger partial charge in [0, 0.05) is 25.9 Å². The summed E-state index contributed by atoms with van der Waals surface area (Å²) in [6.45, 7) is 5.64. The Kier molecular flexibility index (Phi) is 4.51. The molecule has 0 saturated carbocycles. The van der Waals surface area contributed by atoms with Crippen LogP contribution in [0, 0.1) is 11.8 Å². The summed E-state index contributed by atoms with van der Waals surface area (Å²) in [5.74, 6) is 0.998. The first-order valence-corrected chi connectivity index (χ1v) is 8.95. The number of nitrogens with one attached hydrogen (secondary N) is 1. The molecule has 2 N–H and O–H groups in total. The molecule has 4 fully saturated rings. The average molecular weight is 336 g/mol. The Bertz CT molecular complexity index is 586. The van der Waals surface area contributed by atoms with Crippen LogP contribution in [0.1, 0.15) is 18.5 Å². The molecule has 1 amide bonds. The molecule has 2 bridgehead atoms. The molecule has 8 nitrogen and oxygen atoms in total. The molecule has 1 aromatic rings. The van der Waals surface area contributed by atoms with Gasteiger partial charge in [-0.15, -0.1) is 5.10 Å². The number of piperidine rings is 3. The van der Waals surface area contributed by atoms with E-state index in [1.165, 1.54) is 4.90 Å². The Labute approximate surface area is 141 Å². The molecule has 5 heterocycles. The van der Waals surface area contributed by atoms with Crippen LogP contribution in [0.5, 0.6) is 0 Å². The molecule has 4 atom stereocenters. The number of morpholine rings is 1. The number of rotatable bonds is 4. The Morgan fingerprint density at radius 3 is 2.92 bits per heavy atom. The van der Waals surface area contributed by atoms with E-state index in [1.807, 2.05) is 15.8 Å². The maximum Gasteiger partial charge on any atom is 0.231 e. The fourth-order valence-corrected chi connectivity index (χ4v) is 4.55. The number of nitrogens with zero attached hydrogens (tertiary/aromatic N) is 4. The first-order valence-electron chi connectivity index (χ1n) is 8.95. The number of hydrogen-bond donors (Lipinski definition) is 2. The number of hydrogen-bond acceptors (Lipinski definition) is 5. The van der Waals surface area contributed by atoms with Gasteiger partial charge in [-0.05, 0) is 5.92 Å². The van der Waals surface area contributed by atoms with Gasteiger partial charge in [-0.2, -0.15) is 0 Å². The van der Waals surface area contributed by atoms with E-state index >= 15 is 0 Å². The van der Waals surface area contributed by atoms with Crippen molar-refractivity contribution in [3.8, 4) is 0 Å². The lowest BCUT2D eigenvalue weighted by atomic mass is 9.75. The Morgan fingerprint density at radius 2 is 2.25 bits per heavy atom. The molecular formula is C16H26N5O3+. The summed E-state index contributed by atoms with van der Waals surface area (Å²) in [6, 6.07) is 0.491. The van der Waals surface area contributed by atoms with E-state index in [4.69, 9.17) is 9.84 Å². The molecule has 0 radical (unpaired) electrons. The van der Waals surface area contributed by atoms with Crippen LogP contribution in [0.25, 0.3) is 0 Å². The van der Waals surface area contributed by atoms with Crippen molar-refractivity contribution < 1.29 is 19.5 Å². The minimum Gasteiger partial charge on any atom is -0.390 e. The Morgan fingerprint density at radius 1 is 1.42 bits per heavy atom. The number of amides is 1. The molecule has 24 heavy (non-hydrogen) atoms. The third-order valence-corrected chi connectivity index (χ3v) is 5.85. The second-order valence-electron chi connectivity index (χ2n) is 7.23. The number of aromatic nitrogens is 3. The van der Waals surface area contributed by atoms with Crippen LogP contribution in [0.3, 0.4) is 0 Å². The first kappa shape index (κ1) is 16.0. The third kappa shape index (κ3) is 3.05. The van der Waals surface area contributed by atoms with Crippen LogP contribution < -0.4 is 4.90 Å². The highest BCUT2D eigenvalue weighted by Gasteiger charge is 2.47. The topological polar surface area (TPSA) is 84.9 Å². The molecule has 4 saturated heterocycles. The smallest absolute Gasteiger partial charge is 0.231 e. The zero-order chi connectivity index (χ0) is 16.5. The Balaban J connectivity index is 1.39. The highest BCUT2D eigenvalue weighted by Crippen LogP contribution is 2.29. The fraction of sp³-hybridized carbons (Fsp3) is 0.812. The van der Waals surface area contributed by atoms with Crippen molar-refractivity contribution in [2.45, 2.75) is 32.0 Å². The van der Waals surface area contributed by atoms with Crippen molar-refractivity contribution in [1.29, 1.82) is 0 Å². The van der Waals surface area contributed by atoms with Crippen LogP contribution in [0.4, 0.5) is 0 Å². The highest BCUT2D eigenvalue weighted by molar-refractivity contribution is 5.79. The second-order valence-corrected chi connectivity index (χ2v) is 7.23. The van der Waals surface area contributed by atoms with Gasteiger partial charge in [0.15, 0.2) is 0 Å². The molecular weight excluding hydrogens is 310 g/mol. The van der Waals surface area contributed by atoms with Crippen molar-refractivity contribution in [2.24, 2.45) is 11.8 Å². The molecule has 5 rings (SSSR count). The quantitative estimate of drug-likeness (QED) is 0.659. The summed E-state index contributed by atoms with van der Waals surface area (Å²) < 4.78 is 7.20. The van der Waals surface area contributed by atoms with E-state index in [-0.39, 0.29) is 12.5 Å². The number of carbonyl (C=O) groups excluding carboxylic acids is 1. The zero-order valence-corrected chi connectivity index (χ0v) is 13.9. The molecule has 0 aromatic carbocycles. The van der Waals surface area contributed by atoms with Gasteiger partial charge in [-0.1, -0.05) is 5.21 Å². The molecule has 1 unspecified atom stereocenters. The van der Waals surface area contributed by atoms with Crippen LogP contribution in [-0.2, 0) is 22.7 Å². The van der Waals surface area contributed by atoms with Crippen LogP contribution >= 0.6 is 0 Å². The summed E-state index contributed by atoms with van der Waals surface area (Å²) >= 11 is 0. The third-order valence-electron chi connectivity index (χ3n) is 5.85. The number of ether oxygens (including phenoxy) is 1. The molecule has 0 spiro atoms. The maximum atomic E-state index is 12.9. The second kappa shape index (κ2) is 6.78. The average Bonchev–Trinajstić information content (AvgIpc) is 3.10. The molecule has 0 aliphatic carbocycles. The zero-order valence-electron chi connectivity index (χ0n) is 13.9. The van der Waals surface area contributed by atoms with E-state index in [1.54, 1.807) is 0 Å². The van der Waals surface area contributed by atoms with Gasteiger partial charge in [0.25, 0.3) is 0 Å². The van der Waals surface area contributed by atoms with Gasteiger partial charge in [-0.3, -0.25) is 4.79 Å². The molecule has 8 heteroatoms. The molecule has 4 aliphatic heterocycles. The number of carbonyl (C=O) groups is 1. The number of aliphatic hydroxyl groups excluding tert-OH is 1. The summed E-state index contributed by atoms with van der Waals surface area (Å²) in [7, 11) is 0. The Hall–Kier alpha value is -1.51. The van der Waals surface area contributed by atoms with Crippen molar-refractivity contribution in [3.63, 3.8) is 0 Å². The van der Waals surface area contributed by atoms with Crippen LogP contribution in [0.2, 0.25) is 0 Å². The van der Waals surface area contributed by atoms with E-state index in [0.717, 1.165) is 45.6 Å². The van der Waals surface area contributed by atoms with Gasteiger partial charge in [-0.25, -0.2) is 4.68 Å². The van der Waals surface area contributed by atoms with E-state index in [9.17, 15) is 4.79 Å². The number of quaternary nitrogens is 1. The van der Waals surface area contributed by atoms with Crippen LogP contribution in [0.15, 0.2) is 6.20 Å². The standard InChI is InChI=1S/C16H25N5O3/c22-11-13-8-21(18-17-13)9-14-7-12-1-2-20(14)10-15(12)16(23)19-3-5-24-6-4-19/h8,12,14-15,22H,1-7,9-11H2/p+1/t12-,14+,15-/m0/s1. The predicted octanol–water partition coefficient (Wildman–Crippen LogP) is -2.08. The van der Waals surface area contributed by atoms with Gasteiger partial charge >= 0.3 is 0 Å². The first-order chi connectivity index (χ1) is 11.7. The summed E-state index contributed by atoms with van der Waals surface area (Å²) in [5, 5.41) is 17.2. The molecule has 132 valence electrons. The minimum atomic E-state index is -0.0695. The maximum absolute atomic E-state index is 12.9. The lowest BCUT2D eigenvalue weighted by Crippen LogP contribution is -3.20. The van der Waals surface area contributed by atoms with E-state index < -0.39 is 0 Å². The van der Waals surface area contributed by atoms with E-state index in [2.05, 4.69) is 10.3 Å². The van der Waals surface area contributed by atoms with Gasteiger partial charge in [0.05, 0.1) is 51.6 Å². The number of fused-ring (bicyclic) bond motifs is 3. The van der Waals surface area contributed by atoms with Crippen LogP contribution in [-0.4, -0.2) is 76.3 Å². The fourth-order valence-electron chi connectivity index (χ4n) is 4.55. The summed E-state index contributed by atoms with van der Waals surface area (Å²) in [6.07, 6.45) is 4.04. The summed E-state index contributed by atoms with van der Waals surface area (Å²) in [5.41, 5.74) is 0.612. The van der Waals surface area contributed by atoms with Crippen molar-refractivity contribution in [3.05, 3.63) is 11.9 Å². The lowest BCUT2D eigenvalue weighted by Gasteiger charge is -2.47. The SMILES string of the molecule is O=C([C@H]1C[NH+]2CC[C@H]1C[C@@H]2Cn1cc(CO)nn1)N1CCOCC1. The van der Waals surface area contributed by atoms with Gasteiger partial charge < -0.3 is 19.6 Å². The molecule has 1 aromatic heterocycles. The van der Waals surface area contributed by atoms with Crippen molar-refractivity contribution in [2.75, 3.05) is 39.4 Å². The number of aliphatic hydroxyl groups is 1. The van der Waals surface area contributed by atoms with Crippen molar-refractivity contribution >= 4 is 5.91 Å². The summed E-state index contributed by atoms with van der Waals surface area (Å²) in [4.78, 5) is 16.4. The minimum absolute atomic E-state index is 0.0695. The van der Waals surface area contributed by atoms with Crippen molar-refractivity contribution in [1.82, 2.24) is 19.9 Å². The monoisotopic (exact) mass is 336 g/mol. The van der Waals surface area contributed by atoms with E-state index in [0.29, 0.717) is 36.8 Å². The predicted molar refractivity (Wildman–Crippen MR) is 84.0 cm³/mol.